The molecule has 1 aromatic heterocycles. The largest absolute Gasteiger partial charge is 0.497 e. The van der Waals surface area contributed by atoms with E-state index in [-0.39, 0.29) is 12.6 Å². The summed E-state index contributed by atoms with van der Waals surface area (Å²) in [6.45, 7) is 1.44. The second kappa shape index (κ2) is 5.35. The molecule has 1 aromatic carbocycles. The molecule has 0 atom stereocenters. The van der Waals surface area contributed by atoms with Crippen LogP contribution in [0.4, 0.5) is 0 Å². The maximum Gasteiger partial charge on any atom is 0.303 e. The number of nitrogens with zero attached hydrogens (tertiary/aromatic N) is 1. The molecule has 0 radical (unpaired) electrons. The minimum Gasteiger partial charge on any atom is -0.497 e. The zero-order valence-electron chi connectivity index (χ0n) is 10.2. The minimum absolute atomic E-state index is 0.0957. The molecule has 5 nitrogen and oxygen atoms in total. The Morgan fingerprint density at radius 1 is 1.33 bits per heavy atom. The van der Waals surface area contributed by atoms with Crippen LogP contribution in [0, 0.1) is 0 Å². The molecular formula is C13H13NO4. The van der Waals surface area contributed by atoms with E-state index < -0.39 is 0 Å². The minimum atomic E-state index is -0.350. The van der Waals surface area contributed by atoms with Crippen molar-refractivity contribution in [2.75, 3.05) is 7.11 Å². The van der Waals surface area contributed by atoms with Crippen molar-refractivity contribution in [2.45, 2.75) is 13.5 Å². The smallest absolute Gasteiger partial charge is 0.303 e. The van der Waals surface area contributed by atoms with Crippen LogP contribution in [0.1, 0.15) is 12.7 Å². The van der Waals surface area contributed by atoms with Gasteiger partial charge in [-0.2, -0.15) is 0 Å². The van der Waals surface area contributed by atoms with Crippen molar-refractivity contribution in [3.05, 3.63) is 36.2 Å². The molecule has 0 fully saturated rings. The van der Waals surface area contributed by atoms with Gasteiger partial charge in [-0.05, 0) is 24.3 Å². The Hall–Kier alpha value is -2.30. The second-order valence-corrected chi connectivity index (χ2v) is 3.64. The first-order valence-electron chi connectivity index (χ1n) is 5.41. The van der Waals surface area contributed by atoms with Gasteiger partial charge in [-0.1, -0.05) is 0 Å². The molecule has 0 saturated carbocycles. The summed E-state index contributed by atoms with van der Waals surface area (Å²) in [7, 11) is 1.61. The molecule has 18 heavy (non-hydrogen) atoms. The van der Waals surface area contributed by atoms with Crippen molar-refractivity contribution in [3.63, 3.8) is 0 Å². The van der Waals surface area contributed by atoms with Gasteiger partial charge in [0.05, 0.1) is 13.3 Å². The van der Waals surface area contributed by atoms with E-state index in [1.165, 1.54) is 6.92 Å². The summed E-state index contributed by atoms with van der Waals surface area (Å²) < 4.78 is 15.4. The molecule has 0 aliphatic heterocycles. The molecule has 0 spiro atoms. The quantitative estimate of drug-likeness (QED) is 0.776. The standard InChI is InChI=1S/C13H13NO4/c1-9(15)17-8-12-7-14-13(18-12)10-3-5-11(16-2)6-4-10/h3-7H,8H2,1-2H3. The average Bonchev–Trinajstić information content (AvgIpc) is 2.85. The Bertz CT molecular complexity index is 530. The highest BCUT2D eigenvalue weighted by atomic mass is 16.5. The molecular weight excluding hydrogens is 234 g/mol. The van der Waals surface area contributed by atoms with E-state index in [0.717, 1.165) is 11.3 Å². The summed E-state index contributed by atoms with van der Waals surface area (Å²) in [5.74, 6) is 1.42. The van der Waals surface area contributed by atoms with Crippen molar-refractivity contribution < 1.29 is 18.7 Å². The summed E-state index contributed by atoms with van der Waals surface area (Å²) in [6.07, 6.45) is 1.54. The van der Waals surface area contributed by atoms with E-state index >= 15 is 0 Å². The van der Waals surface area contributed by atoms with Gasteiger partial charge in [0, 0.05) is 12.5 Å². The van der Waals surface area contributed by atoms with E-state index in [0.29, 0.717) is 11.7 Å². The molecule has 0 amide bonds. The lowest BCUT2D eigenvalue weighted by Gasteiger charge is -2.00. The molecule has 0 aliphatic rings. The third kappa shape index (κ3) is 2.88. The van der Waals surface area contributed by atoms with E-state index in [2.05, 4.69) is 4.98 Å². The Balaban J connectivity index is 2.10. The summed E-state index contributed by atoms with van der Waals surface area (Å²) >= 11 is 0. The first kappa shape index (κ1) is 12.2. The van der Waals surface area contributed by atoms with E-state index in [4.69, 9.17) is 13.9 Å². The van der Waals surface area contributed by atoms with Crippen LogP contribution in [0.3, 0.4) is 0 Å². The first-order valence-corrected chi connectivity index (χ1v) is 5.41. The zero-order valence-corrected chi connectivity index (χ0v) is 10.2. The molecule has 0 aliphatic carbocycles. The number of hydrogen-bond donors (Lipinski definition) is 0. The molecule has 5 heteroatoms. The fraction of sp³-hybridized carbons (Fsp3) is 0.231. The Kier molecular flexibility index (Phi) is 3.62. The number of carbonyl (C=O) groups is 1. The van der Waals surface area contributed by atoms with Crippen molar-refractivity contribution in [1.29, 1.82) is 0 Å². The lowest BCUT2D eigenvalue weighted by atomic mass is 10.2. The summed E-state index contributed by atoms with van der Waals surface area (Å²) in [6, 6.07) is 7.34. The maximum atomic E-state index is 10.7. The number of oxazole rings is 1. The number of ether oxygens (including phenoxy) is 2. The Labute approximate surface area is 104 Å². The zero-order chi connectivity index (χ0) is 13.0. The third-order valence-corrected chi connectivity index (χ3v) is 2.31. The lowest BCUT2D eigenvalue weighted by Crippen LogP contribution is -1.97. The van der Waals surface area contributed by atoms with Gasteiger partial charge in [0.2, 0.25) is 5.89 Å². The van der Waals surface area contributed by atoms with Gasteiger partial charge < -0.3 is 13.9 Å². The number of benzene rings is 1. The molecule has 0 N–H and O–H groups in total. The average molecular weight is 247 g/mol. The van der Waals surface area contributed by atoms with Gasteiger partial charge in [-0.3, -0.25) is 4.79 Å². The van der Waals surface area contributed by atoms with Gasteiger partial charge in [0.15, 0.2) is 12.4 Å². The highest BCUT2D eigenvalue weighted by Gasteiger charge is 2.07. The molecule has 94 valence electrons. The van der Waals surface area contributed by atoms with Gasteiger partial charge in [-0.25, -0.2) is 4.98 Å². The van der Waals surface area contributed by atoms with Gasteiger partial charge in [0.1, 0.15) is 5.75 Å². The number of aromatic nitrogens is 1. The SMILES string of the molecule is COc1ccc(-c2ncc(COC(C)=O)o2)cc1. The molecule has 2 rings (SSSR count). The maximum absolute atomic E-state index is 10.7. The van der Waals surface area contributed by atoms with E-state index in [1.54, 1.807) is 13.3 Å². The number of rotatable bonds is 4. The Morgan fingerprint density at radius 3 is 2.67 bits per heavy atom. The molecule has 2 aromatic rings. The third-order valence-electron chi connectivity index (χ3n) is 2.31. The molecule has 1 heterocycles. The highest BCUT2D eigenvalue weighted by Crippen LogP contribution is 2.22. The van der Waals surface area contributed by atoms with Crippen LogP contribution in [-0.2, 0) is 16.1 Å². The predicted octanol–water partition coefficient (Wildman–Crippen LogP) is 2.41. The number of hydrogen-bond acceptors (Lipinski definition) is 5. The Morgan fingerprint density at radius 2 is 2.06 bits per heavy atom. The summed E-state index contributed by atoms with van der Waals surface area (Å²) in [4.78, 5) is 14.8. The van der Waals surface area contributed by atoms with Gasteiger partial charge in [-0.15, -0.1) is 0 Å². The van der Waals surface area contributed by atoms with Gasteiger partial charge in [0.25, 0.3) is 0 Å². The number of carbonyl (C=O) groups excluding carboxylic acids is 1. The topological polar surface area (TPSA) is 61.6 Å². The molecule has 0 bridgehead atoms. The second-order valence-electron chi connectivity index (χ2n) is 3.64. The van der Waals surface area contributed by atoms with Crippen molar-refractivity contribution in [1.82, 2.24) is 4.98 Å². The molecule has 0 unspecified atom stereocenters. The lowest BCUT2D eigenvalue weighted by molar-refractivity contribution is -0.142. The first-order chi connectivity index (χ1) is 8.69. The van der Waals surface area contributed by atoms with E-state index in [9.17, 15) is 4.79 Å². The van der Waals surface area contributed by atoms with Crippen LogP contribution in [0.15, 0.2) is 34.9 Å². The molecule has 0 saturated heterocycles. The fourth-order valence-corrected chi connectivity index (χ4v) is 1.41. The van der Waals surface area contributed by atoms with Crippen molar-refractivity contribution >= 4 is 5.97 Å². The number of esters is 1. The number of methoxy groups -OCH3 is 1. The van der Waals surface area contributed by atoms with Crippen LogP contribution in [0.2, 0.25) is 0 Å². The van der Waals surface area contributed by atoms with Gasteiger partial charge >= 0.3 is 5.97 Å². The van der Waals surface area contributed by atoms with Crippen LogP contribution in [0.25, 0.3) is 11.5 Å². The van der Waals surface area contributed by atoms with Crippen LogP contribution >= 0.6 is 0 Å². The predicted molar refractivity (Wildman–Crippen MR) is 64.0 cm³/mol. The van der Waals surface area contributed by atoms with E-state index in [1.807, 2.05) is 24.3 Å². The van der Waals surface area contributed by atoms with Crippen LogP contribution < -0.4 is 4.74 Å². The summed E-state index contributed by atoms with van der Waals surface area (Å²) in [5.41, 5.74) is 0.838. The van der Waals surface area contributed by atoms with Crippen molar-refractivity contribution in [3.8, 4) is 17.2 Å². The normalized spacial score (nSPS) is 10.1. The fourth-order valence-electron chi connectivity index (χ4n) is 1.41. The van der Waals surface area contributed by atoms with Crippen LogP contribution in [-0.4, -0.2) is 18.1 Å². The highest BCUT2D eigenvalue weighted by molar-refractivity contribution is 5.65. The van der Waals surface area contributed by atoms with Crippen molar-refractivity contribution in [2.24, 2.45) is 0 Å². The monoisotopic (exact) mass is 247 g/mol. The summed E-state index contributed by atoms with van der Waals surface area (Å²) in [5, 5.41) is 0. The van der Waals surface area contributed by atoms with Crippen LogP contribution in [0.5, 0.6) is 5.75 Å².